The summed E-state index contributed by atoms with van der Waals surface area (Å²) in [5, 5.41) is 0.709. The third-order valence-electron chi connectivity index (χ3n) is 8.94. The van der Waals surface area contributed by atoms with Gasteiger partial charge in [0.1, 0.15) is 23.5 Å². The molecule has 5 heterocycles. The van der Waals surface area contributed by atoms with Crippen LogP contribution < -0.4 is 15.3 Å². The van der Waals surface area contributed by atoms with Gasteiger partial charge in [-0.2, -0.15) is 0 Å². The van der Waals surface area contributed by atoms with E-state index < -0.39 is 0 Å². The fraction of sp³-hybridized carbons (Fsp3) is 0.483. The van der Waals surface area contributed by atoms with E-state index in [1.807, 2.05) is 16.7 Å². The maximum atomic E-state index is 15.9. The quantitative estimate of drug-likeness (QED) is 0.400. The molecule has 0 radical (unpaired) electrons. The van der Waals surface area contributed by atoms with E-state index in [1.165, 1.54) is 6.07 Å². The number of aryl methyl sites for hydroxylation is 1. The van der Waals surface area contributed by atoms with E-state index in [0.29, 0.717) is 33.8 Å². The lowest BCUT2D eigenvalue weighted by Gasteiger charge is -2.35. The summed E-state index contributed by atoms with van der Waals surface area (Å²) >= 11 is 0. The molecule has 0 N–H and O–H groups in total. The van der Waals surface area contributed by atoms with Crippen molar-refractivity contribution in [2.75, 3.05) is 32.1 Å². The van der Waals surface area contributed by atoms with Crippen LogP contribution in [-0.2, 0) is 7.05 Å². The highest BCUT2D eigenvalue weighted by Crippen LogP contribution is 2.47. The van der Waals surface area contributed by atoms with Gasteiger partial charge in [0.05, 0.1) is 39.7 Å². The van der Waals surface area contributed by atoms with Crippen LogP contribution in [0.3, 0.4) is 0 Å². The Hall–Kier alpha value is -3.46. The van der Waals surface area contributed by atoms with Gasteiger partial charge in [0.25, 0.3) is 0 Å². The van der Waals surface area contributed by atoms with Gasteiger partial charge in [-0.3, -0.25) is 14.1 Å². The second-order valence-electron chi connectivity index (χ2n) is 11.3. The first-order valence-electron chi connectivity index (χ1n) is 13.7. The maximum absolute atomic E-state index is 15.9. The Morgan fingerprint density at radius 3 is 2.58 bits per heavy atom. The Kier molecular flexibility index (Phi) is 5.47. The van der Waals surface area contributed by atoms with Crippen molar-refractivity contribution in [1.82, 2.24) is 24.0 Å². The number of ether oxygens (including phenoxy) is 1. The van der Waals surface area contributed by atoms with Crippen LogP contribution in [0, 0.1) is 5.82 Å². The molecule has 3 aromatic heterocycles. The van der Waals surface area contributed by atoms with E-state index in [0.717, 1.165) is 68.5 Å². The number of halogens is 1. The van der Waals surface area contributed by atoms with Crippen molar-refractivity contribution in [1.29, 1.82) is 0 Å². The Bertz CT molecular complexity index is 1600. The second-order valence-corrected chi connectivity index (χ2v) is 11.3. The first-order chi connectivity index (χ1) is 18.4. The van der Waals surface area contributed by atoms with Crippen molar-refractivity contribution in [2.24, 2.45) is 7.05 Å². The van der Waals surface area contributed by atoms with Crippen LogP contribution in [0.15, 0.2) is 35.4 Å². The minimum atomic E-state index is -0.389. The molecule has 1 aliphatic carbocycles. The number of benzene rings is 1. The number of fused-ring (bicyclic) bond motifs is 2. The van der Waals surface area contributed by atoms with Gasteiger partial charge in [-0.25, -0.2) is 14.2 Å². The molecular formula is C29H33FN6O2. The van der Waals surface area contributed by atoms with Gasteiger partial charge in [0.15, 0.2) is 0 Å². The van der Waals surface area contributed by atoms with Crippen LogP contribution >= 0.6 is 0 Å². The van der Waals surface area contributed by atoms with E-state index in [-0.39, 0.29) is 23.7 Å². The minimum Gasteiger partial charge on any atom is -0.487 e. The molecule has 0 spiro atoms. The lowest BCUT2D eigenvalue weighted by Crippen LogP contribution is -2.42. The van der Waals surface area contributed by atoms with Crippen LogP contribution in [0.2, 0.25) is 0 Å². The molecule has 2 atom stereocenters. The summed E-state index contributed by atoms with van der Waals surface area (Å²) in [5.74, 6) is 1.00. The zero-order valence-electron chi connectivity index (χ0n) is 22.2. The number of aromatic nitrogens is 4. The van der Waals surface area contributed by atoms with Gasteiger partial charge in [0.2, 0.25) is 0 Å². The number of piperidine rings is 1. The highest BCUT2D eigenvalue weighted by Gasteiger charge is 2.37. The lowest BCUT2D eigenvalue weighted by atomic mass is 9.92. The predicted molar refractivity (Wildman–Crippen MR) is 147 cm³/mol. The predicted octanol–water partition coefficient (Wildman–Crippen LogP) is 4.50. The summed E-state index contributed by atoms with van der Waals surface area (Å²) in [7, 11) is 6.05. The molecule has 2 fully saturated rings. The first kappa shape index (κ1) is 23.6. The first-order valence-corrected chi connectivity index (χ1v) is 13.7. The number of anilines is 1. The molecule has 2 unspecified atom stereocenters. The standard InChI is InChI=1S/C29H33FN6O2/c1-33(2)18-10-12-35(13-11-18)24-9-8-17(15-32-24)25-19(30)14-20-26-27-22(16-31-20)34(3)29(37)36(27)21-6-4-5-7-23(21)38-28(25)26/h8-9,14-16,18,21,23H,4-7,10-13H2,1-3H3. The summed E-state index contributed by atoms with van der Waals surface area (Å²) in [4.78, 5) is 27.3. The molecule has 8 nitrogen and oxygen atoms in total. The van der Waals surface area contributed by atoms with Crippen LogP contribution in [0.5, 0.6) is 5.75 Å². The van der Waals surface area contributed by atoms with Crippen molar-refractivity contribution >= 4 is 27.8 Å². The van der Waals surface area contributed by atoms with Crippen LogP contribution in [0.1, 0.15) is 44.6 Å². The fourth-order valence-corrected chi connectivity index (χ4v) is 6.80. The van der Waals surface area contributed by atoms with Crippen molar-refractivity contribution in [3.63, 3.8) is 0 Å². The average Bonchev–Trinajstić information content (AvgIpc) is 3.08. The van der Waals surface area contributed by atoms with Crippen molar-refractivity contribution in [3.05, 3.63) is 46.9 Å². The molecule has 1 aromatic carbocycles. The Morgan fingerprint density at radius 2 is 1.84 bits per heavy atom. The zero-order valence-corrected chi connectivity index (χ0v) is 22.2. The molecule has 0 amide bonds. The maximum Gasteiger partial charge on any atom is 0.329 e. The van der Waals surface area contributed by atoms with Gasteiger partial charge in [-0.05, 0) is 58.3 Å². The smallest absolute Gasteiger partial charge is 0.329 e. The van der Waals surface area contributed by atoms with Gasteiger partial charge in [0, 0.05) is 44.0 Å². The molecule has 1 saturated heterocycles. The van der Waals surface area contributed by atoms with Crippen LogP contribution in [0.25, 0.3) is 33.1 Å². The van der Waals surface area contributed by atoms with Gasteiger partial charge in [-0.1, -0.05) is 6.42 Å². The highest BCUT2D eigenvalue weighted by atomic mass is 19.1. The molecule has 198 valence electrons. The number of pyridine rings is 2. The minimum absolute atomic E-state index is 0.0717. The molecule has 1 saturated carbocycles. The van der Waals surface area contributed by atoms with Crippen molar-refractivity contribution in [3.8, 4) is 16.9 Å². The fourth-order valence-electron chi connectivity index (χ4n) is 6.80. The topological polar surface area (TPSA) is 68.4 Å². The summed E-state index contributed by atoms with van der Waals surface area (Å²) < 4.78 is 26.1. The van der Waals surface area contributed by atoms with E-state index in [2.05, 4.69) is 28.9 Å². The highest BCUT2D eigenvalue weighted by molar-refractivity contribution is 6.09. The number of nitrogens with zero attached hydrogens (tertiary/aromatic N) is 6. The number of hydrogen-bond acceptors (Lipinski definition) is 6. The lowest BCUT2D eigenvalue weighted by molar-refractivity contribution is 0.102. The van der Waals surface area contributed by atoms with Crippen LogP contribution in [-0.4, -0.2) is 63.3 Å². The number of imidazole rings is 1. The van der Waals surface area contributed by atoms with Gasteiger partial charge < -0.3 is 14.5 Å². The largest absolute Gasteiger partial charge is 0.487 e. The second kappa shape index (κ2) is 8.80. The van der Waals surface area contributed by atoms with Gasteiger partial charge in [-0.15, -0.1) is 0 Å². The summed E-state index contributed by atoms with van der Waals surface area (Å²) in [5.41, 5.74) is 3.03. The summed E-state index contributed by atoms with van der Waals surface area (Å²) in [6, 6.07) is 5.90. The Labute approximate surface area is 220 Å². The monoisotopic (exact) mass is 516 g/mol. The van der Waals surface area contributed by atoms with E-state index >= 15 is 4.39 Å². The van der Waals surface area contributed by atoms with Crippen LogP contribution in [0.4, 0.5) is 10.2 Å². The zero-order chi connectivity index (χ0) is 26.1. The Balaban J connectivity index is 1.37. The number of rotatable bonds is 3. The third-order valence-corrected chi connectivity index (χ3v) is 8.94. The molecule has 0 bridgehead atoms. The van der Waals surface area contributed by atoms with E-state index in [1.54, 1.807) is 24.0 Å². The average molecular weight is 517 g/mol. The normalized spacial score (nSPS) is 21.8. The molecule has 9 heteroatoms. The van der Waals surface area contributed by atoms with E-state index in [4.69, 9.17) is 9.72 Å². The summed E-state index contributed by atoms with van der Waals surface area (Å²) in [6.07, 6.45) is 9.17. The number of hydrogen-bond donors (Lipinski definition) is 0. The molecule has 38 heavy (non-hydrogen) atoms. The summed E-state index contributed by atoms with van der Waals surface area (Å²) in [6.45, 7) is 1.90. The molecule has 2 aliphatic heterocycles. The molecular weight excluding hydrogens is 483 g/mol. The third kappa shape index (κ3) is 3.47. The molecule has 4 aromatic rings. The molecule has 3 aliphatic rings. The SMILES string of the molecule is CN(C)C1CCN(c2ccc(-c3c(F)cc4ncc5c6c4c3OC3CCCCC3n6c(=O)n5C)cn2)CC1. The van der Waals surface area contributed by atoms with Crippen molar-refractivity contribution < 1.29 is 9.13 Å². The molecule has 7 rings (SSSR count). The van der Waals surface area contributed by atoms with E-state index in [9.17, 15) is 4.79 Å². The Morgan fingerprint density at radius 1 is 1.05 bits per heavy atom. The van der Waals surface area contributed by atoms with Gasteiger partial charge >= 0.3 is 5.69 Å². The van der Waals surface area contributed by atoms with Crippen molar-refractivity contribution in [2.45, 2.75) is 56.7 Å².